The van der Waals surface area contributed by atoms with Gasteiger partial charge in [0.05, 0.1) is 12.2 Å². The van der Waals surface area contributed by atoms with Crippen LogP contribution in [0.3, 0.4) is 0 Å². The summed E-state index contributed by atoms with van der Waals surface area (Å²) in [6.07, 6.45) is 0.612. The van der Waals surface area contributed by atoms with Crippen LogP contribution in [0.15, 0.2) is 30.6 Å². The van der Waals surface area contributed by atoms with Crippen LogP contribution >= 0.6 is 7.82 Å². The van der Waals surface area contributed by atoms with Crippen molar-refractivity contribution in [3.05, 3.63) is 36.2 Å². The number of rotatable bonds is 11. The SMILES string of the molecule is CNc1ccccc1C(=O)NCCCCCCNc1nc2c(N)ncnc2n1[C@@H]1O[C@@H]2COP(=O)(O)O[C@H]2[C@H]1O. The Bertz CT molecular complexity index is 1400. The van der Waals surface area contributed by atoms with Crippen molar-refractivity contribution in [1.29, 1.82) is 0 Å². The van der Waals surface area contributed by atoms with Crippen molar-refractivity contribution in [2.24, 2.45) is 0 Å². The first kappa shape index (κ1) is 28.2. The van der Waals surface area contributed by atoms with E-state index in [1.165, 1.54) is 6.33 Å². The lowest BCUT2D eigenvalue weighted by Gasteiger charge is -2.27. The smallest absolute Gasteiger partial charge is 0.387 e. The zero-order valence-electron chi connectivity index (χ0n) is 21.9. The van der Waals surface area contributed by atoms with Crippen molar-refractivity contribution >= 4 is 42.3 Å². The van der Waals surface area contributed by atoms with E-state index in [0.717, 1.165) is 31.4 Å². The van der Waals surface area contributed by atoms with Gasteiger partial charge in [-0.3, -0.25) is 18.4 Å². The van der Waals surface area contributed by atoms with Crippen molar-refractivity contribution in [3.8, 4) is 0 Å². The summed E-state index contributed by atoms with van der Waals surface area (Å²) in [6, 6.07) is 7.36. The molecule has 16 heteroatoms. The van der Waals surface area contributed by atoms with Crippen LogP contribution in [0.25, 0.3) is 11.2 Å². The second kappa shape index (κ2) is 12.0. The van der Waals surface area contributed by atoms with Crippen LogP contribution in [0.4, 0.5) is 17.5 Å². The van der Waals surface area contributed by atoms with E-state index in [1.54, 1.807) is 17.7 Å². The third-order valence-corrected chi connectivity index (χ3v) is 7.82. The molecule has 2 fully saturated rings. The van der Waals surface area contributed by atoms with Crippen LogP contribution in [-0.4, -0.2) is 80.5 Å². The number of nitrogens with one attached hydrogen (secondary N) is 3. The Kier molecular flexibility index (Phi) is 8.49. The number of unbranched alkanes of at least 4 members (excludes halogenated alkanes) is 3. The molecule has 0 saturated carbocycles. The van der Waals surface area contributed by atoms with Crippen molar-refractivity contribution < 1.29 is 33.1 Å². The van der Waals surface area contributed by atoms with Crippen LogP contribution < -0.4 is 21.7 Å². The molecular weight excluding hydrogens is 543 g/mol. The number of carbonyl (C=O) groups is 1. The van der Waals surface area contributed by atoms with E-state index in [1.807, 2.05) is 18.2 Å². The predicted octanol–water partition coefficient (Wildman–Crippen LogP) is 1.63. The molecule has 0 radical (unpaired) electrons. The van der Waals surface area contributed by atoms with Crippen LogP contribution in [0.1, 0.15) is 42.3 Å². The minimum absolute atomic E-state index is 0.108. The number of imidazole rings is 1. The largest absolute Gasteiger partial charge is 0.472 e. The fourth-order valence-corrected chi connectivity index (χ4v) is 5.81. The molecule has 1 amide bonds. The van der Waals surface area contributed by atoms with E-state index in [0.29, 0.717) is 35.8 Å². The number of para-hydroxylation sites is 1. The van der Waals surface area contributed by atoms with Gasteiger partial charge in [-0.25, -0.2) is 19.5 Å². The fourth-order valence-electron chi connectivity index (χ4n) is 4.84. The highest BCUT2D eigenvalue weighted by Gasteiger charge is 2.53. The number of aliphatic hydroxyl groups is 1. The van der Waals surface area contributed by atoms with Crippen LogP contribution in [-0.2, 0) is 18.3 Å². The van der Waals surface area contributed by atoms with Gasteiger partial charge in [-0.1, -0.05) is 25.0 Å². The lowest BCUT2D eigenvalue weighted by molar-refractivity contribution is -0.0659. The molecule has 7 N–H and O–H groups in total. The Labute approximate surface area is 230 Å². The Balaban J connectivity index is 1.15. The third-order valence-electron chi connectivity index (χ3n) is 6.84. The molecule has 0 aliphatic carbocycles. The van der Waals surface area contributed by atoms with Crippen LogP contribution in [0, 0.1) is 0 Å². The fraction of sp³-hybridized carbons (Fsp3) is 0.500. The average Bonchev–Trinajstić information content (AvgIpc) is 3.46. The number of hydrogen-bond donors (Lipinski definition) is 6. The van der Waals surface area contributed by atoms with E-state index in [-0.39, 0.29) is 18.3 Å². The summed E-state index contributed by atoms with van der Waals surface area (Å²) in [4.78, 5) is 34.9. The molecule has 3 aromatic rings. The van der Waals surface area contributed by atoms with E-state index >= 15 is 0 Å². The first-order valence-corrected chi connectivity index (χ1v) is 14.5. The summed E-state index contributed by atoms with van der Waals surface area (Å²) in [7, 11) is -2.49. The summed E-state index contributed by atoms with van der Waals surface area (Å²) in [6.45, 7) is 0.921. The molecular formula is C24H33N8O7P. The van der Waals surface area contributed by atoms with Gasteiger partial charge in [0.2, 0.25) is 5.95 Å². The van der Waals surface area contributed by atoms with E-state index < -0.39 is 32.4 Å². The maximum absolute atomic E-state index is 12.4. The Morgan fingerprint density at radius 2 is 1.98 bits per heavy atom. The molecule has 1 unspecified atom stereocenters. The Morgan fingerprint density at radius 1 is 1.20 bits per heavy atom. The molecule has 0 bridgehead atoms. The zero-order chi connectivity index (χ0) is 28.3. The number of benzene rings is 1. The van der Waals surface area contributed by atoms with Gasteiger partial charge in [0.1, 0.15) is 24.6 Å². The molecule has 216 valence electrons. The number of hydrogen-bond acceptors (Lipinski definition) is 12. The number of phosphoric ester groups is 1. The maximum Gasteiger partial charge on any atom is 0.472 e. The molecule has 0 spiro atoms. The molecule has 2 saturated heterocycles. The van der Waals surface area contributed by atoms with Gasteiger partial charge < -0.3 is 36.4 Å². The third kappa shape index (κ3) is 5.89. The quantitative estimate of drug-likeness (QED) is 0.142. The van der Waals surface area contributed by atoms with Crippen molar-refractivity contribution in [2.75, 3.05) is 43.1 Å². The first-order chi connectivity index (χ1) is 19.3. The standard InChI is InChI=1S/C24H33N8O7P/c1-26-15-9-5-4-8-14(15)22(34)27-10-6-2-3-7-11-28-24-31-17-20(25)29-13-30-21(17)32(24)23-18(33)19-16(38-23)12-37-40(35,36)39-19/h4-5,8-9,13,16,18-19,23,26,33H,2-3,6-7,10-12H2,1H3,(H,27,34)(H,28,31)(H,35,36)(H2,25,29,30)/t16-,18-,19-,23-/m1/s1. The molecule has 4 heterocycles. The lowest BCUT2D eigenvalue weighted by atomic mass is 10.1. The summed E-state index contributed by atoms with van der Waals surface area (Å²) in [5, 5.41) is 20.2. The molecule has 5 atom stereocenters. The van der Waals surface area contributed by atoms with E-state index in [4.69, 9.17) is 19.5 Å². The number of phosphoric acid groups is 1. The predicted molar refractivity (Wildman–Crippen MR) is 146 cm³/mol. The second-order valence-corrected chi connectivity index (χ2v) is 10.9. The van der Waals surface area contributed by atoms with E-state index in [9.17, 15) is 19.4 Å². The number of carbonyl (C=O) groups excluding carboxylic acids is 1. The number of nitrogens with zero attached hydrogens (tertiary/aromatic N) is 4. The maximum atomic E-state index is 12.4. The number of aliphatic hydroxyl groups excluding tert-OH is 1. The summed E-state index contributed by atoms with van der Waals surface area (Å²) >= 11 is 0. The zero-order valence-corrected chi connectivity index (χ0v) is 22.8. The summed E-state index contributed by atoms with van der Waals surface area (Å²) < 4.78 is 29.3. The van der Waals surface area contributed by atoms with Crippen molar-refractivity contribution in [2.45, 2.75) is 50.2 Å². The van der Waals surface area contributed by atoms with E-state index in [2.05, 4.69) is 30.9 Å². The molecule has 2 aliphatic heterocycles. The molecule has 2 aromatic heterocycles. The Morgan fingerprint density at radius 3 is 2.77 bits per heavy atom. The number of aromatic nitrogens is 4. The highest BCUT2D eigenvalue weighted by atomic mass is 31.2. The molecule has 2 aliphatic rings. The van der Waals surface area contributed by atoms with Crippen LogP contribution in [0.2, 0.25) is 0 Å². The van der Waals surface area contributed by atoms with Gasteiger partial charge in [-0.15, -0.1) is 0 Å². The van der Waals surface area contributed by atoms with Gasteiger partial charge in [0.25, 0.3) is 5.91 Å². The minimum Gasteiger partial charge on any atom is -0.387 e. The minimum atomic E-state index is -4.28. The Hall–Kier alpha value is -3.33. The number of anilines is 3. The molecule has 1 aromatic carbocycles. The topological polar surface area (TPSA) is 208 Å². The normalized spacial score (nSPS) is 26.0. The number of ether oxygens (including phenoxy) is 1. The van der Waals surface area contributed by atoms with Gasteiger partial charge >= 0.3 is 7.82 Å². The average molecular weight is 577 g/mol. The van der Waals surface area contributed by atoms with Crippen LogP contribution in [0.5, 0.6) is 0 Å². The monoisotopic (exact) mass is 576 g/mol. The van der Waals surface area contributed by atoms with Gasteiger partial charge in [0.15, 0.2) is 23.2 Å². The van der Waals surface area contributed by atoms with Crippen molar-refractivity contribution in [3.63, 3.8) is 0 Å². The molecule has 40 heavy (non-hydrogen) atoms. The molecule has 5 rings (SSSR count). The number of nitrogen functional groups attached to an aromatic ring is 1. The number of amides is 1. The highest BCUT2D eigenvalue weighted by Crippen LogP contribution is 2.52. The van der Waals surface area contributed by atoms with Gasteiger partial charge in [-0.05, 0) is 25.0 Å². The summed E-state index contributed by atoms with van der Waals surface area (Å²) in [5.74, 6) is 0.409. The molecule has 15 nitrogen and oxygen atoms in total. The first-order valence-electron chi connectivity index (χ1n) is 13.1. The van der Waals surface area contributed by atoms with Crippen molar-refractivity contribution in [1.82, 2.24) is 24.8 Å². The number of fused-ring (bicyclic) bond motifs is 2. The van der Waals surface area contributed by atoms with Gasteiger partial charge in [-0.2, -0.15) is 0 Å². The van der Waals surface area contributed by atoms with Gasteiger partial charge in [0, 0.05) is 25.8 Å². The lowest BCUT2D eigenvalue weighted by Crippen LogP contribution is -2.39. The second-order valence-electron chi connectivity index (χ2n) is 9.52. The number of nitrogens with two attached hydrogens (primary N) is 1. The summed E-state index contributed by atoms with van der Waals surface area (Å²) in [5.41, 5.74) is 8.08. The highest BCUT2D eigenvalue weighted by molar-refractivity contribution is 7.47.